The van der Waals surface area contributed by atoms with E-state index in [1.807, 2.05) is 19.1 Å². The summed E-state index contributed by atoms with van der Waals surface area (Å²) in [4.78, 5) is 0. The van der Waals surface area contributed by atoms with Gasteiger partial charge in [0.25, 0.3) is 0 Å². The molecule has 0 amide bonds. The molecule has 0 radical (unpaired) electrons. The lowest BCUT2D eigenvalue weighted by Gasteiger charge is -2.01. The summed E-state index contributed by atoms with van der Waals surface area (Å²) >= 11 is 3.38. The molecule has 0 aliphatic heterocycles. The van der Waals surface area contributed by atoms with E-state index in [1.54, 1.807) is 0 Å². The molecule has 0 spiro atoms. The molecule has 0 N–H and O–H groups in total. The second kappa shape index (κ2) is 6.66. The summed E-state index contributed by atoms with van der Waals surface area (Å²) in [5.41, 5.74) is 1.22. The fourth-order valence-corrected chi connectivity index (χ4v) is 1.39. The van der Waals surface area contributed by atoms with Gasteiger partial charge in [-0.25, -0.2) is 0 Å². The molecule has 2 heteroatoms. The van der Waals surface area contributed by atoms with Gasteiger partial charge in [0, 0.05) is 5.33 Å². The van der Waals surface area contributed by atoms with Gasteiger partial charge >= 0.3 is 0 Å². The van der Waals surface area contributed by atoms with Crippen LogP contribution >= 0.6 is 15.9 Å². The Kier molecular flexibility index (Phi) is 5.38. The van der Waals surface area contributed by atoms with Crippen molar-refractivity contribution in [2.75, 3.05) is 11.9 Å². The lowest BCUT2D eigenvalue weighted by Crippen LogP contribution is -1.90. The van der Waals surface area contributed by atoms with Gasteiger partial charge in [-0.2, -0.15) is 0 Å². The van der Waals surface area contributed by atoms with E-state index >= 15 is 0 Å². The lowest BCUT2D eigenvalue weighted by atomic mass is 10.2. The number of rotatable bonds is 5. The van der Waals surface area contributed by atoms with E-state index in [4.69, 9.17) is 4.74 Å². The average Bonchev–Trinajstić information content (AvgIpc) is 2.21. The second-order valence-electron chi connectivity index (χ2n) is 2.88. The van der Waals surface area contributed by atoms with Crippen LogP contribution in [0.3, 0.4) is 0 Å². The summed E-state index contributed by atoms with van der Waals surface area (Å²) in [6.45, 7) is 2.71. The molecule has 0 saturated heterocycles. The first-order valence-electron chi connectivity index (χ1n) is 4.82. The highest BCUT2D eigenvalue weighted by molar-refractivity contribution is 9.09. The van der Waals surface area contributed by atoms with E-state index < -0.39 is 0 Å². The van der Waals surface area contributed by atoms with Crippen molar-refractivity contribution in [3.8, 4) is 5.75 Å². The zero-order valence-electron chi connectivity index (χ0n) is 8.37. The van der Waals surface area contributed by atoms with Crippen LogP contribution in [0.25, 0.3) is 6.08 Å². The van der Waals surface area contributed by atoms with E-state index in [0.29, 0.717) is 0 Å². The Morgan fingerprint density at radius 1 is 1.29 bits per heavy atom. The Morgan fingerprint density at radius 3 is 2.57 bits per heavy atom. The number of benzene rings is 1. The molecular weight excluding hydrogens is 240 g/mol. The maximum Gasteiger partial charge on any atom is 0.119 e. The number of hydrogen-bond acceptors (Lipinski definition) is 1. The van der Waals surface area contributed by atoms with Crippen LogP contribution in [0.1, 0.15) is 18.9 Å². The second-order valence-corrected chi connectivity index (χ2v) is 3.68. The molecule has 76 valence electrons. The molecule has 0 unspecified atom stereocenters. The highest BCUT2D eigenvalue weighted by atomic mass is 79.9. The van der Waals surface area contributed by atoms with Crippen molar-refractivity contribution >= 4 is 22.0 Å². The minimum Gasteiger partial charge on any atom is -0.494 e. The van der Waals surface area contributed by atoms with Crippen LogP contribution in [-0.2, 0) is 0 Å². The molecule has 0 heterocycles. The molecular formula is C12H15BrO. The number of halogens is 1. The molecule has 0 aromatic heterocycles. The summed E-state index contributed by atoms with van der Waals surface area (Å²) in [5, 5.41) is 1.01. The predicted molar refractivity (Wildman–Crippen MR) is 65.1 cm³/mol. The first-order chi connectivity index (χ1) is 6.86. The van der Waals surface area contributed by atoms with E-state index in [-0.39, 0.29) is 0 Å². The molecule has 0 saturated carbocycles. The molecule has 14 heavy (non-hydrogen) atoms. The molecule has 1 rings (SSSR count). The summed E-state index contributed by atoms with van der Waals surface area (Å²) < 4.78 is 5.35. The van der Waals surface area contributed by atoms with Gasteiger partial charge in [0.05, 0.1) is 6.61 Å². The fraction of sp³-hybridized carbons (Fsp3) is 0.333. The summed E-state index contributed by atoms with van der Waals surface area (Å²) in [6, 6.07) is 8.13. The Labute approximate surface area is 93.9 Å². The van der Waals surface area contributed by atoms with Crippen LogP contribution in [0.4, 0.5) is 0 Å². The Bertz CT molecular complexity index is 277. The lowest BCUT2D eigenvalue weighted by molar-refractivity contribution is 0.340. The molecule has 1 nitrogen and oxygen atoms in total. The van der Waals surface area contributed by atoms with Crippen LogP contribution in [0.5, 0.6) is 5.75 Å². The van der Waals surface area contributed by atoms with Gasteiger partial charge in [0.1, 0.15) is 5.75 Å². The van der Waals surface area contributed by atoms with Gasteiger partial charge in [-0.15, -0.1) is 0 Å². The third kappa shape index (κ3) is 3.97. The van der Waals surface area contributed by atoms with Gasteiger partial charge < -0.3 is 4.74 Å². The zero-order valence-corrected chi connectivity index (χ0v) is 9.96. The van der Waals surface area contributed by atoms with Crippen molar-refractivity contribution in [2.24, 2.45) is 0 Å². The Hall–Kier alpha value is -0.760. The first kappa shape index (κ1) is 11.3. The van der Waals surface area contributed by atoms with Crippen molar-refractivity contribution in [3.63, 3.8) is 0 Å². The van der Waals surface area contributed by atoms with Crippen LogP contribution in [-0.4, -0.2) is 11.9 Å². The molecule has 1 aromatic rings. The number of allylic oxidation sites excluding steroid dienone is 1. The van der Waals surface area contributed by atoms with E-state index in [9.17, 15) is 0 Å². The summed E-state index contributed by atoms with van der Waals surface area (Å²) in [7, 11) is 0. The Balaban J connectivity index is 2.54. The van der Waals surface area contributed by atoms with Crippen molar-refractivity contribution in [1.29, 1.82) is 0 Å². The standard InChI is InChI=1S/C12H15BrO/c1-2-14-12-8-6-11(7-9-12)5-3-4-10-13/h3,5-9H,2,4,10H2,1H3/b5-3+. The molecule has 1 aromatic carbocycles. The first-order valence-corrected chi connectivity index (χ1v) is 5.94. The number of alkyl halides is 1. The van der Waals surface area contributed by atoms with Crippen LogP contribution in [0.15, 0.2) is 30.3 Å². The van der Waals surface area contributed by atoms with Gasteiger partial charge in [0.2, 0.25) is 0 Å². The minimum atomic E-state index is 0.721. The van der Waals surface area contributed by atoms with Crippen molar-refractivity contribution in [3.05, 3.63) is 35.9 Å². The van der Waals surface area contributed by atoms with Gasteiger partial charge in [-0.05, 0) is 31.0 Å². The Morgan fingerprint density at radius 2 is 2.00 bits per heavy atom. The van der Waals surface area contributed by atoms with Crippen LogP contribution in [0, 0.1) is 0 Å². The quantitative estimate of drug-likeness (QED) is 0.725. The SMILES string of the molecule is CCOc1ccc(/C=C/CCBr)cc1. The fourth-order valence-electron chi connectivity index (χ4n) is 1.12. The van der Waals surface area contributed by atoms with E-state index in [0.717, 1.165) is 24.1 Å². The normalized spacial score (nSPS) is 10.7. The van der Waals surface area contributed by atoms with Gasteiger partial charge in [-0.3, -0.25) is 0 Å². The maximum atomic E-state index is 5.35. The summed E-state index contributed by atoms with van der Waals surface area (Å²) in [6.07, 6.45) is 5.34. The van der Waals surface area contributed by atoms with Crippen LogP contribution in [0.2, 0.25) is 0 Å². The smallest absolute Gasteiger partial charge is 0.119 e. The van der Waals surface area contributed by atoms with Crippen molar-refractivity contribution in [1.82, 2.24) is 0 Å². The highest BCUT2D eigenvalue weighted by Crippen LogP contribution is 2.13. The van der Waals surface area contributed by atoms with E-state index in [2.05, 4.69) is 40.2 Å². The molecule has 0 bridgehead atoms. The van der Waals surface area contributed by atoms with Crippen molar-refractivity contribution in [2.45, 2.75) is 13.3 Å². The number of ether oxygens (including phenoxy) is 1. The summed E-state index contributed by atoms with van der Waals surface area (Å²) in [5.74, 6) is 0.935. The largest absolute Gasteiger partial charge is 0.494 e. The third-order valence-corrected chi connectivity index (χ3v) is 2.24. The molecule has 0 atom stereocenters. The van der Waals surface area contributed by atoms with E-state index in [1.165, 1.54) is 5.56 Å². The monoisotopic (exact) mass is 254 g/mol. The van der Waals surface area contributed by atoms with Crippen molar-refractivity contribution < 1.29 is 4.74 Å². The molecule has 0 aliphatic rings. The van der Waals surface area contributed by atoms with Gasteiger partial charge in [-0.1, -0.05) is 40.2 Å². The predicted octanol–water partition coefficient (Wildman–Crippen LogP) is 3.88. The number of hydrogen-bond donors (Lipinski definition) is 0. The highest BCUT2D eigenvalue weighted by Gasteiger charge is 1.90. The average molecular weight is 255 g/mol. The topological polar surface area (TPSA) is 9.23 Å². The van der Waals surface area contributed by atoms with Gasteiger partial charge in [0.15, 0.2) is 0 Å². The molecule has 0 aliphatic carbocycles. The van der Waals surface area contributed by atoms with Crippen LogP contribution < -0.4 is 4.74 Å². The minimum absolute atomic E-state index is 0.721. The zero-order chi connectivity index (χ0) is 10.2. The third-order valence-electron chi connectivity index (χ3n) is 1.78. The molecule has 0 fully saturated rings. The maximum absolute atomic E-state index is 5.35.